The van der Waals surface area contributed by atoms with E-state index in [1.165, 1.54) is 19.3 Å². The van der Waals surface area contributed by atoms with Crippen molar-refractivity contribution >= 4 is 15.9 Å². The third kappa shape index (κ3) is 2.95. The molecule has 3 heteroatoms. The van der Waals surface area contributed by atoms with Crippen LogP contribution in [0.4, 0.5) is 0 Å². The number of phenolic OH excluding ortho intramolecular Hbond substituents is 1. The zero-order chi connectivity index (χ0) is 10.7. The fraction of sp³-hybridized carbons (Fsp3) is 0.500. The van der Waals surface area contributed by atoms with Gasteiger partial charge in [-0.2, -0.15) is 0 Å². The van der Waals surface area contributed by atoms with E-state index in [1.807, 2.05) is 6.07 Å². The molecule has 0 atom stereocenters. The molecule has 82 valence electrons. The quantitative estimate of drug-likeness (QED) is 0.881. The predicted octanol–water partition coefficient (Wildman–Crippen LogP) is 3.04. The van der Waals surface area contributed by atoms with Gasteiger partial charge in [-0.25, -0.2) is 0 Å². The van der Waals surface area contributed by atoms with Gasteiger partial charge in [0.1, 0.15) is 5.75 Å². The Labute approximate surface area is 98.8 Å². The topological polar surface area (TPSA) is 32.3 Å². The molecule has 0 unspecified atom stereocenters. The highest BCUT2D eigenvalue weighted by molar-refractivity contribution is 9.10. The highest BCUT2D eigenvalue weighted by Gasteiger charge is 2.16. The van der Waals surface area contributed by atoms with Crippen LogP contribution in [0.25, 0.3) is 0 Å². The fourth-order valence-corrected chi connectivity index (χ4v) is 2.19. The second-order valence-electron chi connectivity index (χ2n) is 4.20. The second kappa shape index (κ2) is 4.99. The van der Waals surface area contributed by atoms with Crippen molar-refractivity contribution in [2.45, 2.75) is 25.8 Å². The average molecular weight is 270 g/mol. The van der Waals surface area contributed by atoms with Crippen LogP contribution in [0, 0.1) is 5.92 Å². The van der Waals surface area contributed by atoms with Gasteiger partial charge >= 0.3 is 0 Å². The standard InChI is InChI=1S/C12H16BrNO/c13-12-5-4-11(15)6-10(12)8-14-7-9-2-1-3-9/h4-6,9,14-15H,1-3,7-8H2. The van der Waals surface area contributed by atoms with Gasteiger partial charge in [-0.1, -0.05) is 22.4 Å². The molecule has 1 saturated carbocycles. The molecule has 1 aromatic carbocycles. The van der Waals surface area contributed by atoms with Crippen LogP contribution in [-0.2, 0) is 6.54 Å². The third-order valence-electron chi connectivity index (χ3n) is 3.00. The van der Waals surface area contributed by atoms with Gasteiger partial charge in [0, 0.05) is 11.0 Å². The number of hydrogen-bond donors (Lipinski definition) is 2. The molecule has 0 heterocycles. The van der Waals surface area contributed by atoms with Crippen LogP contribution >= 0.6 is 15.9 Å². The highest BCUT2D eigenvalue weighted by Crippen LogP contribution is 2.26. The Hall–Kier alpha value is -0.540. The van der Waals surface area contributed by atoms with Gasteiger partial charge in [-0.15, -0.1) is 0 Å². The molecule has 2 N–H and O–H groups in total. The van der Waals surface area contributed by atoms with Gasteiger partial charge in [0.05, 0.1) is 0 Å². The molecular weight excluding hydrogens is 254 g/mol. The molecule has 1 aliphatic rings. The van der Waals surface area contributed by atoms with Crippen LogP contribution in [0.5, 0.6) is 5.75 Å². The summed E-state index contributed by atoms with van der Waals surface area (Å²) in [5.74, 6) is 1.21. The van der Waals surface area contributed by atoms with Gasteiger partial charge in [0.15, 0.2) is 0 Å². The number of halogens is 1. The lowest BCUT2D eigenvalue weighted by Gasteiger charge is -2.25. The molecule has 2 rings (SSSR count). The molecule has 0 amide bonds. The summed E-state index contributed by atoms with van der Waals surface area (Å²) in [6.45, 7) is 1.92. The van der Waals surface area contributed by atoms with E-state index < -0.39 is 0 Å². The van der Waals surface area contributed by atoms with E-state index in [9.17, 15) is 5.11 Å². The Morgan fingerprint density at radius 1 is 1.40 bits per heavy atom. The Morgan fingerprint density at radius 3 is 2.87 bits per heavy atom. The zero-order valence-electron chi connectivity index (χ0n) is 8.67. The fourth-order valence-electron chi connectivity index (χ4n) is 1.80. The summed E-state index contributed by atoms with van der Waals surface area (Å²) in [6.07, 6.45) is 4.13. The molecule has 1 aliphatic carbocycles. The van der Waals surface area contributed by atoms with E-state index in [2.05, 4.69) is 21.2 Å². The predicted molar refractivity (Wildman–Crippen MR) is 64.9 cm³/mol. The molecule has 0 aliphatic heterocycles. The normalized spacial score (nSPS) is 16.3. The minimum absolute atomic E-state index is 0.332. The minimum Gasteiger partial charge on any atom is -0.508 e. The van der Waals surface area contributed by atoms with Crippen molar-refractivity contribution in [3.8, 4) is 5.75 Å². The van der Waals surface area contributed by atoms with E-state index in [1.54, 1.807) is 12.1 Å². The van der Waals surface area contributed by atoms with Crippen LogP contribution in [0.15, 0.2) is 22.7 Å². The Bertz CT molecular complexity index is 336. The van der Waals surface area contributed by atoms with E-state index >= 15 is 0 Å². The number of benzene rings is 1. The Morgan fingerprint density at radius 2 is 2.20 bits per heavy atom. The average Bonchev–Trinajstić information content (AvgIpc) is 2.15. The van der Waals surface area contributed by atoms with Crippen molar-refractivity contribution in [1.29, 1.82) is 0 Å². The van der Waals surface area contributed by atoms with Crippen LogP contribution in [0.1, 0.15) is 24.8 Å². The van der Waals surface area contributed by atoms with Gasteiger partial charge in [0.2, 0.25) is 0 Å². The molecule has 1 fully saturated rings. The van der Waals surface area contributed by atoms with Crippen molar-refractivity contribution in [3.63, 3.8) is 0 Å². The molecule has 0 spiro atoms. The summed E-state index contributed by atoms with van der Waals surface area (Å²) in [5, 5.41) is 12.8. The van der Waals surface area contributed by atoms with Crippen LogP contribution in [0.2, 0.25) is 0 Å². The van der Waals surface area contributed by atoms with Crippen molar-refractivity contribution in [2.24, 2.45) is 5.92 Å². The minimum atomic E-state index is 0.332. The van der Waals surface area contributed by atoms with E-state index in [0.717, 1.165) is 29.0 Å². The van der Waals surface area contributed by atoms with Crippen molar-refractivity contribution in [2.75, 3.05) is 6.54 Å². The summed E-state index contributed by atoms with van der Waals surface area (Å²) in [4.78, 5) is 0. The molecular formula is C12H16BrNO. The van der Waals surface area contributed by atoms with Gasteiger partial charge in [0.25, 0.3) is 0 Å². The molecule has 0 aromatic heterocycles. The first-order chi connectivity index (χ1) is 7.25. The summed E-state index contributed by atoms with van der Waals surface area (Å²) in [5.41, 5.74) is 1.12. The summed E-state index contributed by atoms with van der Waals surface area (Å²) in [6, 6.07) is 5.38. The molecule has 0 radical (unpaired) electrons. The monoisotopic (exact) mass is 269 g/mol. The molecule has 2 nitrogen and oxygen atoms in total. The molecule has 15 heavy (non-hydrogen) atoms. The van der Waals surface area contributed by atoms with E-state index in [-0.39, 0.29) is 0 Å². The smallest absolute Gasteiger partial charge is 0.115 e. The van der Waals surface area contributed by atoms with Crippen molar-refractivity contribution in [1.82, 2.24) is 5.32 Å². The second-order valence-corrected chi connectivity index (χ2v) is 5.06. The van der Waals surface area contributed by atoms with E-state index in [0.29, 0.717) is 5.75 Å². The van der Waals surface area contributed by atoms with Gasteiger partial charge in [-0.05, 0) is 49.1 Å². The lowest BCUT2D eigenvalue weighted by atomic mass is 9.85. The van der Waals surface area contributed by atoms with Gasteiger partial charge in [-0.3, -0.25) is 0 Å². The lowest BCUT2D eigenvalue weighted by Crippen LogP contribution is -2.26. The maximum atomic E-state index is 9.35. The first kappa shape index (κ1) is 11.0. The van der Waals surface area contributed by atoms with Crippen LogP contribution < -0.4 is 5.32 Å². The molecule has 0 saturated heterocycles. The summed E-state index contributed by atoms with van der Waals surface area (Å²) >= 11 is 3.48. The highest BCUT2D eigenvalue weighted by atomic mass is 79.9. The number of hydrogen-bond acceptors (Lipinski definition) is 2. The largest absolute Gasteiger partial charge is 0.508 e. The lowest BCUT2D eigenvalue weighted by molar-refractivity contribution is 0.301. The Balaban J connectivity index is 1.83. The third-order valence-corrected chi connectivity index (χ3v) is 3.78. The van der Waals surface area contributed by atoms with Crippen LogP contribution in [-0.4, -0.2) is 11.7 Å². The molecule has 0 bridgehead atoms. The first-order valence-corrected chi connectivity index (χ1v) is 6.23. The number of nitrogens with one attached hydrogen (secondary N) is 1. The number of phenols is 1. The van der Waals surface area contributed by atoms with Crippen molar-refractivity contribution < 1.29 is 5.11 Å². The molecule has 1 aromatic rings. The summed E-state index contributed by atoms with van der Waals surface area (Å²) < 4.78 is 1.06. The van der Waals surface area contributed by atoms with Crippen molar-refractivity contribution in [3.05, 3.63) is 28.2 Å². The Kier molecular flexibility index (Phi) is 3.65. The summed E-state index contributed by atoms with van der Waals surface area (Å²) in [7, 11) is 0. The number of aromatic hydroxyl groups is 1. The zero-order valence-corrected chi connectivity index (χ0v) is 10.3. The van der Waals surface area contributed by atoms with E-state index in [4.69, 9.17) is 0 Å². The maximum absolute atomic E-state index is 9.35. The first-order valence-electron chi connectivity index (χ1n) is 5.44. The van der Waals surface area contributed by atoms with Gasteiger partial charge < -0.3 is 10.4 Å². The SMILES string of the molecule is Oc1ccc(Br)c(CNCC2CCC2)c1. The maximum Gasteiger partial charge on any atom is 0.115 e. The number of rotatable bonds is 4. The van der Waals surface area contributed by atoms with Crippen LogP contribution in [0.3, 0.4) is 0 Å².